The van der Waals surface area contributed by atoms with Crippen LogP contribution in [0, 0.1) is 0 Å². The minimum absolute atomic E-state index is 0.115. The highest BCUT2D eigenvalue weighted by molar-refractivity contribution is 5.56. The van der Waals surface area contributed by atoms with E-state index in [4.69, 9.17) is 15.3 Å². The molecule has 6 nitrogen and oxygen atoms in total. The summed E-state index contributed by atoms with van der Waals surface area (Å²) in [4.78, 5) is 13.8. The van der Waals surface area contributed by atoms with Crippen LogP contribution < -0.4 is 5.90 Å². The molecule has 0 aromatic heterocycles. The van der Waals surface area contributed by atoms with Crippen molar-refractivity contribution in [2.45, 2.75) is 18.3 Å². The number of carbonyl (C=O) groups excluding carboxylic acids is 1. The fourth-order valence-electron chi connectivity index (χ4n) is 0.505. The molecule has 0 heterocycles. The van der Waals surface area contributed by atoms with Gasteiger partial charge in [0.15, 0.2) is 6.29 Å². The van der Waals surface area contributed by atoms with Crippen molar-refractivity contribution in [1.82, 2.24) is 0 Å². The van der Waals surface area contributed by atoms with E-state index in [0.717, 1.165) is 0 Å². The van der Waals surface area contributed by atoms with E-state index in [0.29, 0.717) is 0 Å². The van der Waals surface area contributed by atoms with Gasteiger partial charge in [0, 0.05) is 0 Å². The number of carbonyl (C=O) groups is 1. The maximum absolute atomic E-state index is 9.86. The summed E-state index contributed by atoms with van der Waals surface area (Å²) < 4.78 is 0. The standard InChI is InChI=1S/C5H11NO5/c6-11-2-4(9)5(10)3(8)1-7/h1,3-5,8-10H,2,6H2/t3-,4+,5-/m0/s1. The van der Waals surface area contributed by atoms with Crippen LogP contribution in [0.5, 0.6) is 0 Å². The molecule has 5 N–H and O–H groups in total. The van der Waals surface area contributed by atoms with E-state index in [9.17, 15) is 4.79 Å². The number of nitrogens with two attached hydrogens (primary N) is 1. The highest BCUT2D eigenvalue weighted by atomic mass is 16.6. The Morgan fingerprint density at radius 3 is 2.36 bits per heavy atom. The maximum atomic E-state index is 9.86. The van der Waals surface area contributed by atoms with Gasteiger partial charge in [-0.2, -0.15) is 0 Å². The average molecular weight is 165 g/mol. The molecular weight excluding hydrogens is 154 g/mol. The molecule has 0 unspecified atom stereocenters. The van der Waals surface area contributed by atoms with Crippen LogP contribution in [0.3, 0.4) is 0 Å². The van der Waals surface area contributed by atoms with Gasteiger partial charge >= 0.3 is 0 Å². The fraction of sp³-hybridized carbons (Fsp3) is 0.800. The molecule has 0 aromatic rings. The van der Waals surface area contributed by atoms with Crippen molar-refractivity contribution < 1.29 is 25.0 Å². The van der Waals surface area contributed by atoms with Crippen LogP contribution >= 0.6 is 0 Å². The first-order chi connectivity index (χ1) is 5.13. The molecular formula is C5H11NO5. The summed E-state index contributed by atoms with van der Waals surface area (Å²) in [6, 6.07) is 0. The third kappa shape index (κ3) is 3.40. The van der Waals surface area contributed by atoms with E-state index >= 15 is 0 Å². The van der Waals surface area contributed by atoms with Crippen molar-refractivity contribution in [2.24, 2.45) is 5.90 Å². The van der Waals surface area contributed by atoms with Crippen molar-refractivity contribution in [1.29, 1.82) is 0 Å². The van der Waals surface area contributed by atoms with Crippen molar-refractivity contribution in [3.05, 3.63) is 0 Å². The van der Waals surface area contributed by atoms with Gasteiger partial charge in [-0.05, 0) is 0 Å². The van der Waals surface area contributed by atoms with Gasteiger partial charge < -0.3 is 25.0 Å². The van der Waals surface area contributed by atoms with Crippen LogP contribution in [-0.4, -0.2) is 46.5 Å². The highest BCUT2D eigenvalue weighted by Gasteiger charge is 2.23. The van der Waals surface area contributed by atoms with E-state index in [-0.39, 0.29) is 12.9 Å². The van der Waals surface area contributed by atoms with Crippen LogP contribution in [0.25, 0.3) is 0 Å². The molecule has 0 bridgehead atoms. The first kappa shape index (κ1) is 10.5. The van der Waals surface area contributed by atoms with E-state index < -0.39 is 18.3 Å². The lowest BCUT2D eigenvalue weighted by Crippen LogP contribution is -2.41. The van der Waals surface area contributed by atoms with Crippen molar-refractivity contribution in [2.75, 3.05) is 6.61 Å². The predicted octanol–water partition coefficient (Wildman–Crippen LogP) is -2.84. The Labute approximate surface area is 63.2 Å². The molecule has 0 aliphatic heterocycles. The molecule has 66 valence electrons. The molecule has 0 aliphatic rings. The van der Waals surface area contributed by atoms with Gasteiger partial charge in [0.25, 0.3) is 0 Å². The van der Waals surface area contributed by atoms with E-state index in [1.807, 2.05) is 0 Å². The topological polar surface area (TPSA) is 113 Å². The molecule has 0 amide bonds. The minimum atomic E-state index is -1.61. The summed E-state index contributed by atoms with van der Waals surface area (Å²) in [6.07, 6.45) is -4.42. The number of aliphatic hydroxyl groups excluding tert-OH is 3. The second kappa shape index (κ2) is 5.16. The number of hydrogen-bond acceptors (Lipinski definition) is 6. The second-order valence-electron chi connectivity index (χ2n) is 2.02. The summed E-state index contributed by atoms with van der Waals surface area (Å²) in [6.45, 7) is -0.341. The first-order valence-electron chi connectivity index (χ1n) is 2.94. The summed E-state index contributed by atoms with van der Waals surface area (Å²) in [5.74, 6) is 4.57. The zero-order valence-corrected chi connectivity index (χ0v) is 5.75. The van der Waals surface area contributed by atoms with Crippen molar-refractivity contribution in [3.8, 4) is 0 Å². The monoisotopic (exact) mass is 165 g/mol. The minimum Gasteiger partial charge on any atom is -0.388 e. The zero-order chi connectivity index (χ0) is 8.85. The van der Waals surface area contributed by atoms with Gasteiger partial charge in [0.2, 0.25) is 0 Å². The first-order valence-corrected chi connectivity index (χ1v) is 2.94. The molecule has 0 spiro atoms. The van der Waals surface area contributed by atoms with Crippen molar-refractivity contribution >= 4 is 6.29 Å². The maximum Gasteiger partial charge on any atom is 0.151 e. The van der Waals surface area contributed by atoms with Gasteiger partial charge in [-0.25, -0.2) is 5.90 Å². The number of rotatable bonds is 5. The van der Waals surface area contributed by atoms with Gasteiger partial charge in [0.05, 0.1) is 6.61 Å². The molecule has 0 aromatic carbocycles. The molecule has 3 atom stereocenters. The lowest BCUT2D eigenvalue weighted by molar-refractivity contribution is -0.129. The largest absolute Gasteiger partial charge is 0.388 e. The Hall–Kier alpha value is -0.530. The number of aliphatic hydroxyl groups is 3. The molecule has 0 radical (unpaired) electrons. The Balaban J connectivity index is 3.79. The molecule has 0 rings (SSSR count). The molecule has 0 fully saturated rings. The fourth-order valence-corrected chi connectivity index (χ4v) is 0.505. The SMILES string of the molecule is NOC[C@@H](O)[C@@H](O)[C@@H](O)C=O. The van der Waals surface area contributed by atoms with E-state index in [1.54, 1.807) is 0 Å². The Morgan fingerprint density at radius 2 is 2.00 bits per heavy atom. The lowest BCUT2D eigenvalue weighted by Gasteiger charge is -2.17. The van der Waals surface area contributed by atoms with Crippen LogP contribution in [0.1, 0.15) is 0 Å². The second-order valence-corrected chi connectivity index (χ2v) is 2.02. The molecule has 0 saturated carbocycles. The number of hydrogen-bond donors (Lipinski definition) is 4. The van der Waals surface area contributed by atoms with Crippen LogP contribution in [0.4, 0.5) is 0 Å². The zero-order valence-electron chi connectivity index (χ0n) is 5.75. The molecule has 0 saturated heterocycles. The van der Waals surface area contributed by atoms with Gasteiger partial charge in [-0.1, -0.05) is 0 Å². The normalized spacial score (nSPS) is 18.9. The summed E-state index contributed by atoms with van der Waals surface area (Å²) >= 11 is 0. The molecule has 11 heavy (non-hydrogen) atoms. The third-order valence-electron chi connectivity index (χ3n) is 1.15. The van der Waals surface area contributed by atoms with Crippen LogP contribution in [0.2, 0.25) is 0 Å². The predicted molar refractivity (Wildman–Crippen MR) is 34.2 cm³/mol. The Morgan fingerprint density at radius 1 is 1.45 bits per heavy atom. The van der Waals surface area contributed by atoms with E-state index in [2.05, 4.69) is 10.7 Å². The quantitative estimate of drug-likeness (QED) is 0.258. The van der Waals surface area contributed by atoms with E-state index in [1.165, 1.54) is 0 Å². The van der Waals surface area contributed by atoms with Crippen LogP contribution in [0.15, 0.2) is 0 Å². The summed E-state index contributed by atoms with van der Waals surface area (Å²) in [7, 11) is 0. The molecule has 6 heteroatoms. The van der Waals surface area contributed by atoms with Crippen LogP contribution in [-0.2, 0) is 9.63 Å². The van der Waals surface area contributed by atoms with Crippen molar-refractivity contribution in [3.63, 3.8) is 0 Å². The average Bonchev–Trinajstić information content (AvgIpc) is 2.02. The Kier molecular flexibility index (Phi) is 4.92. The molecule has 0 aliphatic carbocycles. The summed E-state index contributed by atoms with van der Waals surface area (Å²) in [5, 5.41) is 26.3. The third-order valence-corrected chi connectivity index (χ3v) is 1.15. The summed E-state index contributed by atoms with van der Waals surface area (Å²) in [5.41, 5.74) is 0. The van der Waals surface area contributed by atoms with Gasteiger partial charge in [0.1, 0.15) is 18.3 Å². The Bertz CT molecular complexity index is 119. The smallest absolute Gasteiger partial charge is 0.151 e. The number of aldehydes is 1. The van der Waals surface area contributed by atoms with Gasteiger partial charge in [-0.3, -0.25) is 0 Å². The van der Waals surface area contributed by atoms with Gasteiger partial charge in [-0.15, -0.1) is 0 Å². The highest BCUT2D eigenvalue weighted by Crippen LogP contribution is 1.97. The lowest BCUT2D eigenvalue weighted by atomic mass is 10.1.